The second kappa shape index (κ2) is 4.77. The van der Waals surface area contributed by atoms with Crippen molar-refractivity contribution in [2.45, 2.75) is 26.3 Å². The van der Waals surface area contributed by atoms with Gasteiger partial charge in [0.05, 0.1) is 5.69 Å². The van der Waals surface area contributed by atoms with Gasteiger partial charge in [0.25, 0.3) is 0 Å². The van der Waals surface area contributed by atoms with Crippen LogP contribution in [0.2, 0.25) is 5.28 Å². The van der Waals surface area contributed by atoms with Gasteiger partial charge in [0.2, 0.25) is 5.28 Å². The van der Waals surface area contributed by atoms with Crippen LogP contribution in [-0.4, -0.2) is 23.1 Å². The second-order valence-corrected chi connectivity index (χ2v) is 3.96. The lowest BCUT2D eigenvalue weighted by Gasteiger charge is -2.19. The van der Waals surface area contributed by atoms with Crippen LogP contribution in [0.1, 0.15) is 24.6 Å². The van der Waals surface area contributed by atoms with Gasteiger partial charge in [0.15, 0.2) is 0 Å². The Kier molecular flexibility index (Phi) is 3.38. The Labute approximate surface area is 94.5 Å². The van der Waals surface area contributed by atoms with E-state index in [0.717, 1.165) is 44.0 Å². The smallest absolute Gasteiger partial charge is 0.224 e. The molecule has 2 heterocycles. The molecule has 0 amide bonds. The molecule has 1 aliphatic rings. The first-order valence-corrected chi connectivity index (χ1v) is 5.69. The molecule has 4 nitrogen and oxygen atoms in total. The van der Waals surface area contributed by atoms with Gasteiger partial charge in [-0.25, -0.2) is 9.97 Å². The Morgan fingerprint density at radius 3 is 3.13 bits per heavy atom. The van der Waals surface area contributed by atoms with Crippen LogP contribution < -0.4 is 10.6 Å². The molecule has 0 aromatic carbocycles. The fourth-order valence-electron chi connectivity index (χ4n) is 1.70. The SMILES string of the molecule is CCCNc1nc(Cl)nc2c1CNCC2. The van der Waals surface area contributed by atoms with Crippen molar-refractivity contribution in [1.29, 1.82) is 0 Å². The third-order valence-corrected chi connectivity index (χ3v) is 2.62. The molecular weight excluding hydrogens is 212 g/mol. The van der Waals surface area contributed by atoms with E-state index < -0.39 is 0 Å². The van der Waals surface area contributed by atoms with Crippen molar-refractivity contribution in [2.24, 2.45) is 0 Å². The molecule has 15 heavy (non-hydrogen) atoms. The van der Waals surface area contributed by atoms with Crippen LogP contribution in [0.4, 0.5) is 5.82 Å². The Morgan fingerprint density at radius 2 is 2.33 bits per heavy atom. The highest BCUT2D eigenvalue weighted by atomic mass is 35.5. The molecule has 0 saturated carbocycles. The quantitative estimate of drug-likeness (QED) is 0.769. The number of hydrogen-bond acceptors (Lipinski definition) is 4. The summed E-state index contributed by atoms with van der Waals surface area (Å²) in [5.41, 5.74) is 2.24. The van der Waals surface area contributed by atoms with Crippen molar-refractivity contribution < 1.29 is 0 Å². The monoisotopic (exact) mass is 226 g/mol. The summed E-state index contributed by atoms with van der Waals surface area (Å²) in [6.07, 6.45) is 2.00. The van der Waals surface area contributed by atoms with E-state index in [0.29, 0.717) is 5.28 Å². The van der Waals surface area contributed by atoms with Gasteiger partial charge in [0, 0.05) is 31.6 Å². The zero-order valence-electron chi connectivity index (χ0n) is 8.81. The number of aromatic nitrogens is 2. The molecule has 1 aromatic heterocycles. The van der Waals surface area contributed by atoms with Gasteiger partial charge in [-0.3, -0.25) is 0 Å². The number of hydrogen-bond donors (Lipinski definition) is 2. The first-order valence-electron chi connectivity index (χ1n) is 5.31. The molecule has 0 saturated heterocycles. The molecule has 1 aliphatic heterocycles. The summed E-state index contributed by atoms with van der Waals surface area (Å²) in [7, 11) is 0. The van der Waals surface area contributed by atoms with Crippen molar-refractivity contribution in [3.63, 3.8) is 0 Å². The molecule has 2 rings (SSSR count). The topological polar surface area (TPSA) is 49.8 Å². The van der Waals surface area contributed by atoms with Crippen molar-refractivity contribution in [3.05, 3.63) is 16.5 Å². The van der Waals surface area contributed by atoms with E-state index >= 15 is 0 Å². The maximum Gasteiger partial charge on any atom is 0.224 e. The van der Waals surface area contributed by atoms with Crippen LogP contribution in [0.25, 0.3) is 0 Å². The van der Waals surface area contributed by atoms with E-state index in [9.17, 15) is 0 Å². The molecule has 0 atom stereocenters. The van der Waals surface area contributed by atoms with E-state index in [1.165, 1.54) is 5.56 Å². The Hall–Kier alpha value is -0.870. The van der Waals surface area contributed by atoms with Gasteiger partial charge in [-0.15, -0.1) is 0 Å². The zero-order valence-corrected chi connectivity index (χ0v) is 9.56. The number of rotatable bonds is 3. The van der Waals surface area contributed by atoms with Gasteiger partial charge >= 0.3 is 0 Å². The number of anilines is 1. The largest absolute Gasteiger partial charge is 0.370 e. The van der Waals surface area contributed by atoms with E-state index in [1.807, 2.05) is 0 Å². The fourth-order valence-corrected chi connectivity index (χ4v) is 1.89. The Bertz CT molecular complexity index is 354. The number of nitrogens with zero attached hydrogens (tertiary/aromatic N) is 2. The summed E-state index contributed by atoms with van der Waals surface area (Å²) in [4.78, 5) is 8.48. The molecule has 0 radical (unpaired) electrons. The van der Waals surface area contributed by atoms with Crippen LogP contribution in [0.5, 0.6) is 0 Å². The minimum Gasteiger partial charge on any atom is -0.370 e. The third kappa shape index (κ3) is 2.38. The van der Waals surface area contributed by atoms with E-state index in [2.05, 4.69) is 27.5 Å². The minimum atomic E-state index is 0.342. The lowest BCUT2D eigenvalue weighted by Crippen LogP contribution is -2.26. The number of halogens is 1. The van der Waals surface area contributed by atoms with E-state index in [1.54, 1.807) is 0 Å². The fraction of sp³-hybridized carbons (Fsp3) is 0.600. The molecule has 0 aliphatic carbocycles. The maximum absolute atomic E-state index is 5.88. The van der Waals surface area contributed by atoms with Crippen LogP contribution in [0, 0.1) is 0 Å². The maximum atomic E-state index is 5.88. The molecule has 5 heteroatoms. The van der Waals surface area contributed by atoms with Gasteiger partial charge < -0.3 is 10.6 Å². The normalized spacial score (nSPS) is 14.8. The molecule has 1 aromatic rings. The molecule has 0 spiro atoms. The standard InChI is InChI=1S/C10H15ClN4/c1-2-4-13-9-7-6-12-5-3-8(7)14-10(11)15-9/h12H,2-6H2,1H3,(H,13,14,15). The second-order valence-electron chi connectivity index (χ2n) is 3.62. The van der Waals surface area contributed by atoms with Crippen LogP contribution in [0.15, 0.2) is 0 Å². The third-order valence-electron chi connectivity index (χ3n) is 2.45. The lowest BCUT2D eigenvalue weighted by molar-refractivity contribution is 0.627. The molecule has 0 unspecified atom stereocenters. The summed E-state index contributed by atoms with van der Waals surface area (Å²) < 4.78 is 0. The van der Waals surface area contributed by atoms with Crippen molar-refractivity contribution in [2.75, 3.05) is 18.4 Å². The minimum absolute atomic E-state index is 0.342. The van der Waals surface area contributed by atoms with Crippen molar-refractivity contribution in [3.8, 4) is 0 Å². The highest BCUT2D eigenvalue weighted by Gasteiger charge is 2.16. The highest BCUT2D eigenvalue weighted by Crippen LogP contribution is 2.21. The predicted octanol–water partition coefficient (Wildman–Crippen LogP) is 1.60. The summed E-state index contributed by atoms with van der Waals surface area (Å²) in [6.45, 7) is 4.84. The summed E-state index contributed by atoms with van der Waals surface area (Å²) in [5.74, 6) is 0.888. The van der Waals surface area contributed by atoms with Crippen LogP contribution in [0.3, 0.4) is 0 Å². The Balaban J connectivity index is 2.30. The molecule has 82 valence electrons. The molecule has 2 N–H and O–H groups in total. The van der Waals surface area contributed by atoms with E-state index in [4.69, 9.17) is 11.6 Å². The number of fused-ring (bicyclic) bond motifs is 1. The van der Waals surface area contributed by atoms with Crippen LogP contribution >= 0.6 is 11.6 Å². The highest BCUT2D eigenvalue weighted by molar-refractivity contribution is 6.28. The average molecular weight is 227 g/mol. The van der Waals surface area contributed by atoms with Gasteiger partial charge in [-0.1, -0.05) is 6.92 Å². The summed E-state index contributed by atoms with van der Waals surface area (Å²) in [6, 6.07) is 0. The zero-order chi connectivity index (χ0) is 10.7. The van der Waals surface area contributed by atoms with Crippen molar-refractivity contribution in [1.82, 2.24) is 15.3 Å². The number of nitrogens with one attached hydrogen (secondary N) is 2. The summed E-state index contributed by atoms with van der Waals surface area (Å²) >= 11 is 5.88. The first kappa shape index (κ1) is 10.6. The van der Waals surface area contributed by atoms with Gasteiger partial charge in [-0.05, 0) is 18.0 Å². The van der Waals surface area contributed by atoms with Gasteiger partial charge in [-0.2, -0.15) is 0 Å². The predicted molar refractivity (Wildman–Crippen MR) is 61.2 cm³/mol. The van der Waals surface area contributed by atoms with Crippen molar-refractivity contribution >= 4 is 17.4 Å². The molecular formula is C10H15ClN4. The van der Waals surface area contributed by atoms with E-state index in [-0.39, 0.29) is 0 Å². The molecule has 0 fully saturated rings. The molecule has 0 bridgehead atoms. The first-order chi connectivity index (χ1) is 7.31. The average Bonchev–Trinajstić information content (AvgIpc) is 2.25. The van der Waals surface area contributed by atoms with Crippen LogP contribution in [-0.2, 0) is 13.0 Å². The summed E-state index contributed by atoms with van der Waals surface area (Å²) in [5, 5.41) is 6.94. The Morgan fingerprint density at radius 1 is 1.47 bits per heavy atom. The lowest BCUT2D eigenvalue weighted by atomic mass is 10.1. The van der Waals surface area contributed by atoms with Gasteiger partial charge in [0.1, 0.15) is 5.82 Å².